The van der Waals surface area contributed by atoms with Gasteiger partial charge < -0.3 is 0 Å². The topological polar surface area (TPSA) is 42.3 Å². The van der Waals surface area contributed by atoms with Gasteiger partial charge in [0.25, 0.3) is 0 Å². The van der Waals surface area contributed by atoms with Crippen molar-refractivity contribution in [3.63, 3.8) is 0 Å². The Bertz CT molecular complexity index is 538. The molecule has 14 heavy (non-hydrogen) atoms. The van der Waals surface area contributed by atoms with Gasteiger partial charge in [-0.1, -0.05) is 0 Å². The first kappa shape index (κ1) is 9.06. The Morgan fingerprint density at radius 3 is 2.93 bits per heavy atom. The Labute approximate surface area is 85.1 Å². The van der Waals surface area contributed by atoms with E-state index >= 15 is 0 Å². The molecule has 0 aliphatic rings. The van der Waals surface area contributed by atoms with E-state index < -0.39 is 0 Å². The van der Waals surface area contributed by atoms with Crippen LogP contribution >= 0.6 is 11.3 Å². The molecule has 0 unspecified atom stereocenters. The summed E-state index contributed by atoms with van der Waals surface area (Å²) in [5.74, 6) is 0.472. The molecule has 0 saturated heterocycles. The van der Waals surface area contributed by atoms with Crippen LogP contribution in [0.4, 0.5) is 5.82 Å². The predicted molar refractivity (Wildman–Crippen MR) is 56.9 cm³/mol. The van der Waals surface area contributed by atoms with E-state index in [-0.39, 0.29) is 0 Å². The quantitative estimate of drug-likeness (QED) is 0.529. The van der Waals surface area contributed by atoms with Gasteiger partial charge in [0.1, 0.15) is 0 Å². The van der Waals surface area contributed by atoms with Gasteiger partial charge >= 0.3 is 0 Å². The molecule has 70 valence electrons. The third kappa shape index (κ3) is 1.25. The fourth-order valence-electron chi connectivity index (χ4n) is 1.42. The second-order valence-corrected chi connectivity index (χ2v) is 3.97. The van der Waals surface area contributed by atoms with E-state index in [1.807, 2.05) is 19.2 Å². The van der Waals surface area contributed by atoms with E-state index in [0.29, 0.717) is 5.82 Å². The number of pyridine rings is 1. The maximum atomic E-state index is 10.2. The zero-order valence-electron chi connectivity index (χ0n) is 7.87. The van der Waals surface area contributed by atoms with Gasteiger partial charge in [-0.25, -0.2) is 9.78 Å². The van der Waals surface area contributed by atoms with Gasteiger partial charge in [-0.3, -0.25) is 0 Å². The van der Waals surface area contributed by atoms with Crippen LogP contribution in [0.15, 0.2) is 16.6 Å². The molecule has 4 heteroatoms. The Balaban J connectivity index is 2.91. The molecule has 2 aromatic heterocycles. The van der Waals surface area contributed by atoms with Crippen molar-refractivity contribution in [1.82, 2.24) is 4.98 Å². The van der Waals surface area contributed by atoms with Crippen molar-refractivity contribution in [2.75, 3.05) is 0 Å². The lowest BCUT2D eigenvalue weighted by molar-refractivity contribution is 0.565. The minimum absolute atomic E-state index is 0.472. The number of nitrogens with zero attached hydrogens (tertiary/aromatic N) is 2. The monoisotopic (exact) mass is 204 g/mol. The van der Waals surface area contributed by atoms with Gasteiger partial charge in [0.05, 0.1) is 0 Å². The van der Waals surface area contributed by atoms with E-state index in [1.54, 1.807) is 17.5 Å². The minimum Gasteiger partial charge on any atom is -0.236 e. The summed E-state index contributed by atoms with van der Waals surface area (Å²) in [5, 5.41) is 3.02. The molecule has 0 aliphatic carbocycles. The summed E-state index contributed by atoms with van der Waals surface area (Å²) in [6, 6.07) is 0. The Morgan fingerprint density at radius 2 is 2.21 bits per heavy atom. The number of aryl methyl sites for hydroxylation is 2. The van der Waals surface area contributed by atoms with Gasteiger partial charge in [-0.2, -0.15) is 0 Å². The van der Waals surface area contributed by atoms with E-state index in [9.17, 15) is 4.79 Å². The normalized spacial score (nSPS) is 10.1. The van der Waals surface area contributed by atoms with Crippen molar-refractivity contribution >= 4 is 33.3 Å². The second-order valence-electron chi connectivity index (χ2n) is 3.09. The van der Waals surface area contributed by atoms with Crippen LogP contribution in [0.25, 0.3) is 10.1 Å². The molecule has 0 atom stereocenters. The lowest BCUT2D eigenvalue weighted by Crippen LogP contribution is -1.80. The Morgan fingerprint density at radius 1 is 1.43 bits per heavy atom. The number of thiophene rings is 1. The molecule has 2 rings (SSSR count). The van der Waals surface area contributed by atoms with Gasteiger partial charge in [-0.15, -0.1) is 16.3 Å². The lowest BCUT2D eigenvalue weighted by Gasteiger charge is -1.98. The molecule has 0 radical (unpaired) electrons. The van der Waals surface area contributed by atoms with Crippen molar-refractivity contribution < 1.29 is 4.79 Å². The molecule has 0 bridgehead atoms. The molecule has 0 spiro atoms. The molecule has 0 amide bonds. The standard InChI is InChI=1S/C10H8N2OS/c1-6-3-11-10(12-5-13)8-7(2)4-14-9(6)8/h3-4H,1-2H3. The minimum atomic E-state index is 0.472. The molecule has 0 saturated carbocycles. The third-order valence-corrected chi connectivity index (χ3v) is 3.32. The zero-order chi connectivity index (χ0) is 10.1. The predicted octanol–water partition coefficient (Wildman–Crippen LogP) is 2.88. The van der Waals surface area contributed by atoms with Gasteiger partial charge in [-0.05, 0) is 30.4 Å². The number of aliphatic imine (C=N–C) groups is 1. The second kappa shape index (κ2) is 3.33. The van der Waals surface area contributed by atoms with Crippen molar-refractivity contribution in [3.05, 3.63) is 22.7 Å². The molecule has 0 aromatic carbocycles. The number of hydrogen-bond acceptors (Lipinski definition) is 4. The maximum Gasteiger partial charge on any atom is 0.242 e. The SMILES string of the molecule is Cc1cnc(N=C=O)c2c(C)csc12. The van der Waals surface area contributed by atoms with Gasteiger partial charge in [0.15, 0.2) is 5.82 Å². The smallest absolute Gasteiger partial charge is 0.236 e. The van der Waals surface area contributed by atoms with Crippen LogP contribution in [0.2, 0.25) is 0 Å². The summed E-state index contributed by atoms with van der Waals surface area (Å²) in [4.78, 5) is 17.9. The molecular formula is C10H8N2OS. The third-order valence-electron chi connectivity index (χ3n) is 2.09. The van der Waals surface area contributed by atoms with Crippen LogP contribution in [0.5, 0.6) is 0 Å². The molecule has 0 fully saturated rings. The van der Waals surface area contributed by atoms with Crippen LogP contribution in [0.3, 0.4) is 0 Å². The van der Waals surface area contributed by atoms with Crippen LogP contribution < -0.4 is 0 Å². The van der Waals surface area contributed by atoms with Crippen LogP contribution in [0.1, 0.15) is 11.1 Å². The highest BCUT2D eigenvalue weighted by atomic mass is 32.1. The van der Waals surface area contributed by atoms with Crippen molar-refractivity contribution in [1.29, 1.82) is 0 Å². The molecular weight excluding hydrogens is 196 g/mol. The largest absolute Gasteiger partial charge is 0.242 e. The molecule has 2 heterocycles. The number of carbonyl (C=O) groups excluding carboxylic acids is 1. The molecule has 3 nitrogen and oxygen atoms in total. The summed E-state index contributed by atoms with van der Waals surface area (Å²) < 4.78 is 1.14. The average Bonchev–Trinajstić information content (AvgIpc) is 2.55. The van der Waals surface area contributed by atoms with E-state index in [4.69, 9.17) is 0 Å². The molecule has 2 aromatic rings. The van der Waals surface area contributed by atoms with E-state index in [1.165, 1.54) is 6.08 Å². The summed E-state index contributed by atoms with van der Waals surface area (Å²) in [6.07, 6.45) is 3.26. The van der Waals surface area contributed by atoms with E-state index in [0.717, 1.165) is 21.2 Å². The first-order valence-electron chi connectivity index (χ1n) is 4.15. The molecule has 0 N–H and O–H groups in total. The van der Waals surface area contributed by atoms with Crippen LogP contribution in [-0.2, 0) is 4.79 Å². The van der Waals surface area contributed by atoms with Crippen LogP contribution in [0, 0.1) is 13.8 Å². The fourth-order valence-corrected chi connectivity index (χ4v) is 2.44. The van der Waals surface area contributed by atoms with E-state index in [2.05, 4.69) is 9.98 Å². The van der Waals surface area contributed by atoms with Crippen molar-refractivity contribution in [3.8, 4) is 0 Å². The summed E-state index contributed by atoms with van der Waals surface area (Å²) in [5.41, 5.74) is 2.22. The summed E-state index contributed by atoms with van der Waals surface area (Å²) in [7, 11) is 0. The number of fused-ring (bicyclic) bond motifs is 1. The fraction of sp³-hybridized carbons (Fsp3) is 0.200. The first-order valence-corrected chi connectivity index (χ1v) is 5.03. The summed E-state index contributed by atoms with van der Waals surface area (Å²) in [6.45, 7) is 3.99. The number of rotatable bonds is 1. The average molecular weight is 204 g/mol. The Kier molecular flexibility index (Phi) is 2.15. The molecule has 0 aliphatic heterocycles. The summed E-state index contributed by atoms with van der Waals surface area (Å²) >= 11 is 1.65. The zero-order valence-corrected chi connectivity index (χ0v) is 8.68. The highest BCUT2D eigenvalue weighted by Crippen LogP contribution is 2.33. The maximum absolute atomic E-state index is 10.2. The number of hydrogen-bond donors (Lipinski definition) is 0. The van der Waals surface area contributed by atoms with Crippen molar-refractivity contribution in [2.45, 2.75) is 13.8 Å². The highest BCUT2D eigenvalue weighted by molar-refractivity contribution is 7.17. The highest BCUT2D eigenvalue weighted by Gasteiger charge is 2.08. The number of isocyanates is 1. The van der Waals surface area contributed by atoms with Crippen LogP contribution in [-0.4, -0.2) is 11.1 Å². The number of aromatic nitrogens is 1. The lowest BCUT2D eigenvalue weighted by atomic mass is 10.2. The van der Waals surface area contributed by atoms with Gasteiger partial charge in [0.2, 0.25) is 6.08 Å². The Hall–Kier alpha value is -1.51. The first-order chi connectivity index (χ1) is 6.74. The van der Waals surface area contributed by atoms with Crippen molar-refractivity contribution in [2.24, 2.45) is 4.99 Å². The van der Waals surface area contributed by atoms with Gasteiger partial charge in [0, 0.05) is 16.3 Å².